The van der Waals surface area contributed by atoms with Crippen LogP contribution in [0.3, 0.4) is 0 Å². The molecule has 1 aliphatic heterocycles. The molecule has 0 bridgehead atoms. The molecule has 0 spiro atoms. The van der Waals surface area contributed by atoms with Crippen molar-refractivity contribution in [1.29, 1.82) is 0 Å². The molecular formula is C13H17NO5S2. The largest absolute Gasteiger partial charge is 0.478 e. The van der Waals surface area contributed by atoms with Gasteiger partial charge in [0.1, 0.15) is 5.00 Å². The lowest BCUT2D eigenvalue weighted by molar-refractivity contribution is 0.0697. The van der Waals surface area contributed by atoms with Crippen LogP contribution in [0.1, 0.15) is 40.1 Å². The highest BCUT2D eigenvalue weighted by Crippen LogP contribution is 2.39. The van der Waals surface area contributed by atoms with Crippen LogP contribution in [0.15, 0.2) is 0 Å². The number of sulfonamides is 1. The van der Waals surface area contributed by atoms with E-state index in [-0.39, 0.29) is 22.4 Å². The molecule has 1 atom stereocenters. The van der Waals surface area contributed by atoms with Crippen molar-refractivity contribution >= 4 is 32.3 Å². The Bertz CT molecular complexity index is 658. The summed E-state index contributed by atoms with van der Waals surface area (Å²) in [6, 6.07) is 0. The van der Waals surface area contributed by atoms with Gasteiger partial charge in [0, 0.05) is 11.5 Å². The van der Waals surface area contributed by atoms with E-state index in [2.05, 4.69) is 4.72 Å². The molecule has 3 rings (SSSR count). The highest BCUT2D eigenvalue weighted by atomic mass is 32.2. The molecule has 0 aromatic carbocycles. The number of carbonyl (C=O) groups is 1. The average molecular weight is 331 g/mol. The van der Waals surface area contributed by atoms with Gasteiger partial charge in [-0.05, 0) is 37.7 Å². The first-order chi connectivity index (χ1) is 9.96. The van der Waals surface area contributed by atoms with Gasteiger partial charge in [0.2, 0.25) is 10.0 Å². The lowest BCUT2D eigenvalue weighted by Crippen LogP contribution is -2.26. The fourth-order valence-electron chi connectivity index (χ4n) is 2.91. The standard InChI is InChI=1S/C13H17NO5S2/c15-13(16)11-9-4-1-5-10(9)20-12(11)14-21(17,18)7-8-3-2-6-19-8/h8,14H,1-7H2,(H,15,16). The SMILES string of the molecule is O=C(O)c1c(NS(=O)(=O)CC2CCCO2)sc2c1CCC2. The molecule has 116 valence electrons. The molecule has 8 heteroatoms. The smallest absolute Gasteiger partial charge is 0.339 e. The monoisotopic (exact) mass is 331 g/mol. The third-order valence-corrected chi connectivity index (χ3v) is 6.47. The van der Waals surface area contributed by atoms with E-state index in [1.54, 1.807) is 0 Å². The van der Waals surface area contributed by atoms with Crippen molar-refractivity contribution in [2.75, 3.05) is 17.1 Å². The molecule has 2 N–H and O–H groups in total. The van der Waals surface area contributed by atoms with Gasteiger partial charge in [-0.1, -0.05) is 0 Å². The van der Waals surface area contributed by atoms with E-state index in [9.17, 15) is 18.3 Å². The molecule has 1 unspecified atom stereocenters. The van der Waals surface area contributed by atoms with Gasteiger partial charge in [-0.25, -0.2) is 13.2 Å². The molecule has 6 nitrogen and oxygen atoms in total. The summed E-state index contributed by atoms with van der Waals surface area (Å²) in [6.45, 7) is 0.591. The number of aryl methyl sites for hydroxylation is 1. The Balaban J connectivity index is 1.82. The van der Waals surface area contributed by atoms with Gasteiger partial charge >= 0.3 is 5.97 Å². The van der Waals surface area contributed by atoms with Crippen molar-refractivity contribution in [2.24, 2.45) is 0 Å². The molecule has 1 aliphatic carbocycles. The van der Waals surface area contributed by atoms with Crippen molar-refractivity contribution in [2.45, 2.75) is 38.2 Å². The lowest BCUT2D eigenvalue weighted by atomic mass is 10.1. The van der Waals surface area contributed by atoms with Crippen molar-refractivity contribution < 1.29 is 23.1 Å². The summed E-state index contributed by atoms with van der Waals surface area (Å²) in [7, 11) is -3.59. The molecule has 2 heterocycles. The zero-order valence-corrected chi connectivity index (χ0v) is 13.1. The van der Waals surface area contributed by atoms with E-state index in [0.717, 1.165) is 36.1 Å². The van der Waals surface area contributed by atoms with Crippen LogP contribution in [0.4, 0.5) is 5.00 Å². The van der Waals surface area contributed by atoms with Gasteiger partial charge in [0.25, 0.3) is 0 Å². The molecule has 21 heavy (non-hydrogen) atoms. The maximum atomic E-state index is 12.2. The van der Waals surface area contributed by atoms with Gasteiger partial charge in [-0.2, -0.15) is 0 Å². The van der Waals surface area contributed by atoms with Crippen LogP contribution >= 0.6 is 11.3 Å². The molecule has 0 radical (unpaired) electrons. The van der Waals surface area contributed by atoms with Crippen molar-refractivity contribution in [3.05, 3.63) is 16.0 Å². The zero-order chi connectivity index (χ0) is 15.0. The minimum atomic E-state index is -3.59. The van der Waals surface area contributed by atoms with E-state index in [1.165, 1.54) is 11.3 Å². The summed E-state index contributed by atoms with van der Waals surface area (Å²) in [5, 5.41) is 9.59. The van der Waals surface area contributed by atoms with Crippen LogP contribution in [0.25, 0.3) is 0 Å². The van der Waals surface area contributed by atoms with Crippen LogP contribution in [0.2, 0.25) is 0 Å². The molecule has 0 saturated carbocycles. The van der Waals surface area contributed by atoms with E-state index < -0.39 is 16.0 Å². The second kappa shape index (κ2) is 5.58. The Morgan fingerprint density at radius 1 is 1.38 bits per heavy atom. The molecule has 0 amide bonds. The van der Waals surface area contributed by atoms with E-state index in [4.69, 9.17) is 4.74 Å². The second-order valence-electron chi connectivity index (χ2n) is 5.39. The number of carboxylic acid groups (broad SMARTS) is 1. The molecule has 1 fully saturated rings. The fraction of sp³-hybridized carbons (Fsp3) is 0.615. The summed E-state index contributed by atoms with van der Waals surface area (Å²) in [6.07, 6.45) is 3.78. The maximum Gasteiger partial charge on any atom is 0.339 e. The van der Waals surface area contributed by atoms with Gasteiger partial charge in [-0.15, -0.1) is 11.3 Å². The van der Waals surface area contributed by atoms with Crippen LogP contribution in [0, 0.1) is 0 Å². The minimum Gasteiger partial charge on any atom is -0.478 e. The van der Waals surface area contributed by atoms with Crippen molar-refractivity contribution in [1.82, 2.24) is 0 Å². The van der Waals surface area contributed by atoms with Crippen molar-refractivity contribution in [3.63, 3.8) is 0 Å². The zero-order valence-electron chi connectivity index (χ0n) is 11.4. The molecular weight excluding hydrogens is 314 g/mol. The summed E-state index contributed by atoms with van der Waals surface area (Å²) in [5.74, 6) is -1.18. The highest BCUT2D eigenvalue weighted by molar-refractivity contribution is 7.92. The van der Waals surface area contributed by atoms with Crippen LogP contribution in [-0.2, 0) is 27.6 Å². The van der Waals surface area contributed by atoms with E-state index >= 15 is 0 Å². The molecule has 1 aromatic rings. The lowest BCUT2D eigenvalue weighted by Gasteiger charge is -2.12. The number of ether oxygens (including phenoxy) is 1. The number of nitrogens with one attached hydrogen (secondary N) is 1. The second-order valence-corrected chi connectivity index (χ2v) is 8.26. The highest BCUT2D eigenvalue weighted by Gasteiger charge is 2.30. The van der Waals surface area contributed by atoms with Gasteiger partial charge < -0.3 is 9.84 Å². The predicted octanol–water partition coefficient (Wildman–Crippen LogP) is 1.86. The van der Waals surface area contributed by atoms with E-state index in [0.29, 0.717) is 13.0 Å². The van der Waals surface area contributed by atoms with E-state index in [1.807, 2.05) is 0 Å². The third kappa shape index (κ3) is 3.07. The minimum absolute atomic E-state index is 0.116. The third-order valence-electron chi connectivity index (χ3n) is 3.81. The normalized spacial score (nSPS) is 21.4. The number of hydrogen-bond donors (Lipinski definition) is 2. The van der Waals surface area contributed by atoms with Crippen molar-refractivity contribution in [3.8, 4) is 0 Å². The van der Waals surface area contributed by atoms with Crippen LogP contribution in [0.5, 0.6) is 0 Å². The van der Waals surface area contributed by atoms with Gasteiger partial charge in [0.05, 0.1) is 17.4 Å². The molecule has 1 saturated heterocycles. The Hall–Kier alpha value is -1.12. The fourth-order valence-corrected chi connectivity index (χ4v) is 5.81. The van der Waals surface area contributed by atoms with Gasteiger partial charge in [0.15, 0.2) is 0 Å². The summed E-state index contributed by atoms with van der Waals surface area (Å²) >= 11 is 1.25. The number of carboxylic acids is 1. The Labute approximate surface area is 127 Å². The number of rotatable bonds is 5. The van der Waals surface area contributed by atoms with Crippen LogP contribution in [-0.4, -0.2) is 38.0 Å². The number of fused-ring (bicyclic) bond motifs is 1. The maximum absolute atomic E-state index is 12.2. The first-order valence-corrected chi connectivity index (χ1v) is 9.43. The Kier molecular flexibility index (Phi) is 3.94. The molecule has 2 aliphatic rings. The number of thiophene rings is 1. The Morgan fingerprint density at radius 3 is 2.86 bits per heavy atom. The topological polar surface area (TPSA) is 92.7 Å². The number of aromatic carboxylic acids is 1. The first kappa shape index (κ1) is 14.8. The average Bonchev–Trinajstić information content (AvgIpc) is 3.03. The predicted molar refractivity (Wildman–Crippen MR) is 79.7 cm³/mol. The summed E-state index contributed by atoms with van der Waals surface area (Å²) in [5.41, 5.74) is 0.922. The first-order valence-electron chi connectivity index (χ1n) is 6.96. The molecule has 1 aromatic heterocycles. The summed E-state index contributed by atoms with van der Waals surface area (Å²) in [4.78, 5) is 12.4. The van der Waals surface area contributed by atoms with Gasteiger partial charge in [-0.3, -0.25) is 4.72 Å². The Morgan fingerprint density at radius 2 is 2.19 bits per heavy atom. The van der Waals surface area contributed by atoms with Crippen LogP contribution < -0.4 is 4.72 Å². The number of hydrogen-bond acceptors (Lipinski definition) is 5. The number of anilines is 1. The quantitative estimate of drug-likeness (QED) is 0.859. The summed E-state index contributed by atoms with van der Waals surface area (Å²) < 4.78 is 32.1.